The van der Waals surface area contributed by atoms with Gasteiger partial charge in [-0.15, -0.1) is 0 Å². The molecule has 0 bridgehead atoms. The van der Waals surface area contributed by atoms with Gasteiger partial charge in [0.2, 0.25) is 11.8 Å². The monoisotopic (exact) mass is 402 g/mol. The van der Waals surface area contributed by atoms with Crippen LogP contribution in [0.5, 0.6) is 0 Å². The molecule has 1 aliphatic heterocycles. The Balaban J connectivity index is 2.02. The van der Waals surface area contributed by atoms with E-state index < -0.39 is 4.32 Å². The Hall–Kier alpha value is -0.920. The molecule has 2 heterocycles. The van der Waals surface area contributed by atoms with E-state index in [1.54, 1.807) is 19.9 Å². The molecule has 1 aromatic heterocycles. The van der Waals surface area contributed by atoms with Gasteiger partial charge in [0, 0.05) is 18.1 Å². The first-order valence-corrected chi connectivity index (χ1v) is 9.14. The van der Waals surface area contributed by atoms with Crippen molar-refractivity contribution in [2.45, 2.75) is 76.0 Å². The summed E-state index contributed by atoms with van der Waals surface area (Å²) in [5.74, 6) is 0.139. The van der Waals surface area contributed by atoms with Gasteiger partial charge in [0.1, 0.15) is 0 Å². The number of carbonyl (C=O) groups excluding carboxylic acids is 1. The third-order valence-electron chi connectivity index (χ3n) is 4.46. The molecule has 0 aromatic carbocycles. The van der Waals surface area contributed by atoms with Gasteiger partial charge >= 0.3 is 0 Å². The van der Waals surface area contributed by atoms with Gasteiger partial charge in [-0.1, -0.05) is 34.9 Å². The fourth-order valence-electron chi connectivity index (χ4n) is 2.32. The Morgan fingerprint density at radius 3 is 2.71 bits per heavy atom. The van der Waals surface area contributed by atoms with E-state index >= 15 is 0 Å². The summed E-state index contributed by atoms with van der Waals surface area (Å²) in [6.45, 7) is 10.4. The predicted octanol–water partition coefficient (Wildman–Crippen LogP) is 4.00. The molecule has 136 valence electrons. The molecule has 1 fully saturated rings. The van der Waals surface area contributed by atoms with Crippen LogP contribution in [0.1, 0.15) is 59.6 Å². The normalized spacial score (nSPS) is 20.7. The van der Waals surface area contributed by atoms with Gasteiger partial charge in [-0.3, -0.25) is 10.1 Å². The van der Waals surface area contributed by atoms with E-state index in [0.29, 0.717) is 5.88 Å². The van der Waals surface area contributed by atoms with E-state index in [1.165, 1.54) is 0 Å². The molecule has 0 spiro atoms. The molecular formula is C17H27BrN2O4. The minimum atomic E-state index is -0.676. The van der Waals surface area contributed by atoms with Crippen LogP contribution in [0.25, 0.3) is 0 Å². The van der Waals surface area contributed by atoms with E-state index in [1.807, 2.05) is 20.8 Å². The number of aromatic nitrogens is 1. The molecular weight excluding hydrogens is 376 g/mol. The number of halogens is 1. The maximum absolute atomic E-state index is 12.0. The van der Waals surface area contributed by atoms with Crippen molar-refractivity contribution in [3.63, 3.8) is 0 Å². The molecule has 2 atom stereocenters. The molecule has 1 saturated heterocycles. The summed E-state index contributed by atoms with van der Waals surface area (Å²) < 4.78 is 16.3. The Morgan fingerprint density at radius 2 is 2.12 bits per heavy atom. The van der Waals surface area contributed by atoms with Crippen molar-refractivity contribution in [1.29, 1.82) is 0 Å². The molecule has 0 aliphatic carbocycles. The number of hydrogen-bond donors (Lipinski definition) is 1. The standard InChI is InChI=1S/C17H27BrN2O4/c1-11(23-14-8-6-7-9-22-14)16(2,3)12-10-13(24-20-12)19-15(21)17(4,5)18/h10-11,14H,6-9H2,1-5H3,(H,19,21). The first-order chi connectivity index (χ1) is 11.1. The highest BCUT2D eigenvalue weighted by atomic mass is 79.9. The zero-order valence-electron chi connectivity index (χ0n) is 15.0. The van der Waals surface area contributed by atoms with Crippen LogP contribution in [-0.4, -0.2) is 34.4 Å². The number of ether oxygens (including phenoxy) is 2. The van der Waals surface area contributed by atoms with Crippen molar-refractivity contribution in [1.82, 2.24) is 5.16 Å². The number of carbonyl (C=O) groups is 1. The van der Waals surface area contributed by atoms with Crippen LogP contribution in [0.4, 0.5) is 5.88 Å². The SMILES string of the molecule is CC(OC1CCCCO1)C(C)(C)c1cc(NC(=O)C(C)(C)Br)on1. The molecule has 1 N–H and O–H groups in total. The van der Waals surface area contributed by atoms with Crippen LogP contribution in [-0.2, 0) is 19.7 Å². The summed E-state index contributed by atoms with van der Waals surface area (Å²) in [7, 11) is 0. The second-order valence-electron chi connectivity index (χ2n) is 7.30. The molecule has 1 amide bonds. The van der Waals surface area contributed by atoms with Crippen molar-refractivity contribution < 1.29 is 18.8 Å². The summed E-state index contributed by atoms with van der Waals surface area (Å²) in [4.78, 5) is 12.0. The first kappa shape index (κ1) is 19.4. The van der Waals surface area contributed by atoms with Crippen LogP contribution in [0.15, 0.2) is 10.6 Å². The molecule has 1 aromatic rings. The third-order valence-corrected chi connectivity index (χ3v) is 4.82. The largest absolute Gasteiger partial charge is 0.353 e. The smallest absolute Gasteiger partial charge is 0.243 e. The number of rotatable bonds is 6. The highest BCUT2D eigenvalue weighted by Crippen LogP contribution is 2.32. The molecule has 0 radical (unpaired) electrons. The number of amides is 1. The zero-order chi connectivity index (χ0) is 18.0. The third kappa shape index (κ3) is 4.80. The quantitative estimate of drug-likeness (QED) is 0.727. The van der Waals surface area contributed by atoms with Gasteiger partial charge in [0.15, 0.2) is 6.29 Å². The molecule has 1 aliphatic rings. The van der Waals surface area contributed by atoms with Gasteiger partial charge in [0.25, 0.3) is 0 Å². The van der Waals surface area contributed by atoms with E-state index in [-0.39, 0.29) is 23.7 Å². The molecule has 2 unspecified atom stereocenters. The van der Waals surface area contributed by atoms with Crippen molar-refractivity contribution in [2.75, 3.05) is 11.9 Å². The molecule has 2 rings (SSSR count). The lowest BCUT2D eigenvalue weighted by molar-refractivity contribution is -0.196. The molecule has 7 heteroatoms. The van der Waals surface area contributed by atoms with Crippen LogP contribution < -0.4 is 5.32 Å². The molecule has 24 heavy (non-hydrogen) atoms. The van der Waals surface area contributed by atoms with E-state index in [4.69, 9.17) is 14.0 Å². The van der Waals surface area contributed by atoms with Gasteiger partial charge in [-0.05, 0) is 40.0 Å². The number of nitrogens with one attached hydrogen (secondary N) is 1. The minimum absolute atomic E-state index is 0.109. The van der Waals surface area contributed by atoms with Crippen LogP contribution in [0.2, 0.25) is 0 Å². The van der Waals surface area contributed by atoms with E-state index in [0.717, 1.165) is 31.6 Å². The summed E-state index contributed by atoms with van der Waals surface area (Å²) in [6, 6.07) is 1.75. The number of alkyl halides is 1. The Labute approximate surface area is 151 Å². The highest BCUT2D eigenvalue weighted by molar-refractivity contribution is 9.10. The van der Waals surface area contributed by atoms with Gasteiger partial charge in [-0.25, -0.2) is 0 Å². The fourth-order valence-corrected chi connectivity index (χ4v) is 2.42. The van der Waals surface area contributed by atoms with Crippen molar-refractivity contribution in [3.05, 3.63) is 11.8 Å². The summed E-state index contributed by atoms with van der Waals surface area (Å²) in [6.07, 6.45) is 2.87. The van der Waals surface area contributed by atoms with Gasteiger partial charge in [0.05, 0.1) is 16.1 Å². The molecule has 0 saturated carbocycles. The zero-order valence-corrected chi connectivity index (χ0v) is 16.6. The average molecular weight is 403 g/mol. The minimum Gasteiger partial charge on any atom is -0.353 e. The van der Waals surface area contributed by atoms with Crippen molar-refractivity contribution in [3.8, 4) is 0 Å². The maximum atomic E-state index is 12.0. The highest BCUT2D eigenvalue weighted by Gasteiger charge is 2.35. The van der Waals surface area contributed by atoms with E-state index in [2.05, 4.69) is 26.4 Å². The number of anilines is 1. The average Bonchev–Trinajstić information content (AvgIpc) is 2.96. The van der Waals surface area contributed by atoms with Crippen LogP contribution in [0, 0.1) is 0 Å². The van der Waals surface area contributed by atoms with Crippen LogP contribution in [0.3, 0.4) is 0 Å². The Bertz CT molecular complexity index is 559. The number of nitrogens with zero attached hydrogens (tertiary/aromatic N) is 1. The van der Waals surface area contributed by atoms with Crippen molar-refractivity contribution in [2.24, 2.45) is 0 Å². The van der Waals surface area contributed by atoms with Crippen molar-refractivity contribution >= 4 is 27.7 Å². The Kier molecular flexibility index (Phi) is 6.09. The van der Waals surface area contributed by atoms with Gasteiger partial charge < -0.3 is 14.0 Å². The second-order valence-corrected chi connectivity index (χ2v) is 9.28. The summed E-state index contributed by atoms with van der Waals surface area (Å²) in [5, 5.41) is 6.83. The van der Waals surface area contributed by atoms with Gasteiger partial charge in [-0.2, -0.15) is 0 Å². The topological polar surface area (TPSA) is 73.6 Å². The lowest BCUT2D eigenvalue weighted by atomic mass is 9.84. The lowest BCUT2D eigenvalue weighted by Crippen LogP contribution is -2.38. The fraction of sp³-hybridized carbons (Fsp3) is 0.765. The van der Waals surface area contributed by atoms with Crippen LogP contribution >= 0.6 is 15.9 Å². The lowest BCUT2D eigenvalue weighted by Gasteiger charge is -2.34. The maximum Gasteiger partial charge on any atom is 0.243 e. The number of hydrogen-bond acceptors (Lipinski definition) is 5. The predicted molar refractivity (Wildman–Crippen MR) is 95.3 cm³/mol. The Morgan fingerprint density at radius 1 is 1.42 bits per heavy atom. The molecule has 6 nitrogen and oxygen atoms in total. The van der Waals surface area contributed by atoms with E-state index in [9.17, 15) is 4.79 Å². The summed E-state index contributed by atoms with van der Waals surface area (Å²) in [5.41, 5.74) is 0.352. The second kappa shape index (κ2) is 7.54. The first-order valence-electron chi connectivity index (χ1n) is 8.35. The summed E-state index contributed by atoms with van der Waals surface area (Å²) >= 11 is 3.32.